The molecule has 0 aliphatic rings. The predicted octanol–water partition coefficient (Wildman–Crippen LogP) is 3.04. The third-order valence-electron chi connectivity index (χ3n) is 2.37. The van der Waals surface area contributed by atoms with Crippen molar-refractivity contribution in [2.24, 2.45) is 0 Å². The fourth-order valence-electron chi connectivity index (χ4n) is 1.41. The van der Waals surface area contributed by atoms with Crippen molar-refractivity contribution in [2.45, 2.75) is 6.92 Å². The molecule has 2 rings (SSSR count). The highest BCUT2D eigenvalue weighted by Crippen LogP contribution is 2.24. The van der Waals surface area contributed by atoms with E-state index in [0.29, 0.717) is 17.1 Å². The summed E-state index contributed by atoms with van der Waals surface area (Å²) in [4.78, 5) is 0. The highest BCUT2D eigenvalue weighted by atomic mass is 16.5. The van der Waals surface area contributed by atoms with Crippen LogP contribution in [0, 0.1) is 24.3 Å². The molecule has 2 N–H and O–H groups in total. The third-order valence-corrected chi connectivity index (χ3v) is 2.37. The molecule has 0 unspecified atom stereocenters. The average Bonchev–Trinajstić information content (AvgIpc) is 2.34. The third kappa shape index (κ3) is 2.56. The number of nitrogen functional groups attached to an aromatic ring is 1. The topological polar surface area (TPSA) is 59.0 Å². The average molecular weight is 223 g/mol. The Morgan fingerprint density at radius 3 is 2.82 bits per heavy atom. The van der Waals surface area contributed by atoms with Crippen LogP contribution in [0.5, 0.6) is 11.5 Å². The molecule has 0 amide bonds. The van der Waals surface area contributed by atoms with Crippen LogP contribution in [0.25, 0.3) is 0 Å². The van der Waals surface area contributed by atoms with Gasteiger partial charge in [0.25, 0.3) is 0 Å². The van der Waals surface area contributed by atoms with Crippen molar-refractivity contribution < 1.29 is 4.74 Å². The van der Waals surface area contributed by atoms with Crippen LogP contribution in [-0.2, 0) is 0 Å². The molecule has 0 saturated heterocycles. The number of anilines is 1. The Morgan fingerprint density at radius 2 is 2.12 bits per heavy atom. The van der Waals surface area contributed by atoms with Gasteiger partial charge in [-0.3, -0.25) is 0 Å². The maximum Gasteiger partial charge on any atom is 0.136 e. The van der Waals surface area contributed by atoms with Crippen molar-refractivity contribution in [1.82, 2.24) is 0 Å². The SMILES string of the molecule is Cc1cc(Oc2[c]ccc(C#N)c2)ccc1N. The van der Waals surface area contributed by atoms with E-state index < -0.39 is 0 Å². The van der Waals surface area contributed by atoms with Crippen LogP contribution in [0.4, 0.5) is 5.69 Å². The lowest BCUT2D eigenvalue weighted by Gasteiger charge is -2.07. The second kappa shape index (κ2) is 4.58. The number of nitrogens with zero attached hydrogens (tertiary/aromatic N) is 1. The van der Waals surface area contributed by atoms with Crippen molar-refractivity contribution in [3.8, 4) is 17.6 Å². The van der Waals surface area contributed by atoms with Crippen molar-refractivity contribution in [1.29, 1.82) is 5.26 Å². The molecule has 0 aliphatic heterocycles. The van der Waals surface area contributed by atoms with Gasteiger partial charge in [0.1, 0.15) is 11.5 Å². The number of hydrogen-bond acceptors (Lipinski definition) is 3. The lowest BCUT2D eigenvalue weighted by molar-refractivity contribution is 0.481. The van der Waals surface area contributed by atoms with Crippen molar-refractivity contribution in [2.75, 3.05) is 5.73 Å². The van der Waals surface area contributed by atoms with Gasteiger partial charge in [0.15, 0.2) is 0 Å². The first-order valence-electron chi connectivity index (χ1n) is 5.15. The van der Waals surface area contributed by atoms with Crippen molar-refractivity contribution in [3.63, 3.8) is 0 Å². The number of benzene rings is 2. The maximum absolute atomic E-state index is 8.77. The lowest BCUT2D eigenvalue weighted by atomic mass is 10.2. The molecular formula is C14H11N2O. The number of hydrogen-bond donors (Lipinski definition) is 1. The Balaban J connectivity index is 2.25. The van der Waals surface area contributed by atoms with E-state index in [1.165, 1.54) is 0 Å². The molecule has 3 nitrogen and oxygen atoms in total. The smallest absolute Gasteiger partial charge is 0.136 e. The first-order chi connectivity index (χ1) is 8.19. The van der Waals surface area contributed by atoms with Crippen LogP contribution < -0.4 is 10.5 Å². The van der Waals surface area contributed by atoms with E-state index in [-0.39, 0.29) is 0 Å². The molecule has 0 atom stereocenters. The molecule has 0 fully saturated rings. The molecule has 0 saturated carbocycles. The highest BCUT2D eigenvalue weighted by molar-refractivity contribution is 5.50. The summed E-state index contributed by atoms with van der Waals surface area (Å²) >= 11 is 0. The van der Waals surface area contributed by atoms with Gasteiger partial charge in [-0.1, -0.05) is 0 Å². The molecule has 0 heterocycles. The molecule has 0 spiro atoms. The number of nitriles is 1. The molecule has 0 bridgehead atoms. The van der Waals surface area contributed by atoms with Crippen LogP contribution >= 0.6 is 0 Å². The summed E-state index contributed by atoms with van der Waals surface area (Å²) in [5.74, 6) is 1.20. The Morgan fingerprint density at radius 1 is 1.29 bits per heavy atom. The largest absolute Gasteiger partial charge is 0.457 e. The van der Waals surface area contributed by atoms with Crippen LogP contribution in [0.15, 0.2) is 36.4 Å². The fourth-order valence-corrected chi connectivity index (χ4v) is 1.41. The number of rotatable bonds is 2. The Kier molecular flexibility index (Phi) is 2.97. The maximum atomic E-state index is 8.77. The lowest BCUT2D eigenvalue weighted by Crippen LogP contribution is -1.91. The molecule has 2 aromatic rings. The summed E-state index contributed by atoms with van der Waals surface area (Å²) in [5, 5.41) is 8.77. The minimum Gasteiger partial charge on any atom is -0.457 e. The normalized spacial score (nSPS) is 9.65. The van der Waals surface area contributed by atoms with Gasteiger partial charge >= 0.3 is 0 Å². The first kappa shape index (κ1) is 11.0. The summed E-state index contributed by atoms with van der Waals surface area (Å²) in [7, 11) is 0. The zero-order chi connectivity index (χ0) is 12.3. The van der Waals surface area contributed by atoms with Gasteiger partial charge in [0.2, 0.25) is 0 Å². The Hall–Kier alpha value is -2.47. The Labute approximate surface area is 100 Å². The summed E-state index contributed by atoms with van der Waals surface area (Å²) in [6, 6.07) is 15.4. The number of nitrogens with two attached hydrogens (primary N) is 1. The second-order valence-corrected chi connectivity index (χ2v) is 3.67. The minimum absolute atomic E-state index is 0.522. The highest BCUT2D eigenvalue weighted by Gasteiger charge is 2.01. The van der Waals surface area contributed by atoms with Crippen molar-refractivity contribution in [3.05, 3.63) is 53.6 Å². The number of aryl methyl sites for hydroxylation is 1. The number of ether oxygens (including phenoxy) is 1. The minimum atomic E-state index is 0.522. The molecule has 1 radical (unpaired) electrons. The van der Waals surface area contributed by atoms with Crippen molar-refractivity contribution >= 4 is 5.69 Å². The van der Waals surface area contributed by atoms with E-state index in [9.17, 15) is 0 Å². The quantitative estimate of drug-likeness (QED) is 0.796. The van der Waals surface area contributed by atoms with E-state index in [4.69, 9.17) is 15.7 Å². The molecule has 2 aromatic carbocycles. The molecule has 0 aromatic heterocycles. The van der Waals surface area contributed by atoms with Crippen LogP contribution in [0.3, 0.4) is 0 Å². The van der Waals surface area contributed by atoms with Gasteiger partial charge < -0.3 is 10.5 Å². The summed E-state index contributed by atoms with van der Waals surface area (Å²) < 4.78 is 5.59. The first-order valence-corrected chi connectivity index (χ1v) is 5.15. The predicted molar refractivity (Wildman–Crippen MR) is 65.7 cm³/mol. The van der Waals surface area contributed by atoms with E-state index in [1.807, 2.05) is 13.0 Å². The summed E-state index contributed by atoms with van der Waals surface area (Å²) in [6.45, 7) is 1.91. The summed E-state index contributed by atoms with van der Waals surface area (Å²) in [6.07, 6.45) is 0. The van der Waals surface area contributed by atoms with Crippen LogP contribution in [-0.4, -0.2) is 0 Å². The van der Waals surface area contributed by atoms with Gasteiger partial charge in [0.05, 0.1) is 11.6 Å². The molecule has 83 valence electrons. The molecular weight excluding hydrogens is 212 g/mol. The van der Waals surface area contributed by atoms with E-state index in [2.05, 4.69) is 12.1 Å². The van der Waals surface area contributed by atoms with Gasteiger partial charge in [-0.2, -0.15) is 5.26 Å². The zero-order valence-corrected chi connectivity index (χ0v) is 9.40. The standard InChI is InChI=1S/C14H11N2O/c1-10-7-13(5-6-14(10)16)17-12-4-2-3-11(8-12)9-15/h2-3,5-8H,16H2,1H3. The molecule has 17 heavy (non-hydrogen) atoms. The Bertz CT molecular complexity index is 585. The monoisotopic (exact) mass is 223 g/mol. The fraction of sp³-hybridized carbons (Fsp3) is 0.0714. The van der Waals surface area contributed by atoms with Gasteiger partial charge in [-0.05, 0) is 48.9 Å². The van der Waals surface area contributed by atoms with Gasteiger partial charge in [0, 0.05) is 11.8 Å². The van der Waals surface area contributed by atoms with Gasteiger partial charge in [-0.25, -0.2) is 0 Å². The second-order valence-electron chi connectivity index (χ2n) is 3.67. The summed E-state index contributed by atoms with van der Waals surface area (Å²) in [5.41, 5.74) is 7.95. The van der Waals surface area contributed by atoms with Crippen LogP contribution in [0.2, 0.25) is 0 Å². The zero-order valence-electron chi connectivity index (χ0n) is 9.40. The molecule has 3 heteroatoms. The van der Waals surface area contributed by atoms with E-state index in [0.717, 1.165) is 11.3 Å². The van der Waals surface area contributed by atoms with Gasteiger partial charge in [-0.15, -0.1) is 0 Å². The van der Waals surface area contributed by atoms with Crippen LogP contribution in [0.1, 0.15) is 11.1 Å². The molecule has 0 aliphatic carbocycles. The van der Waals surface area contributed by atoms with E-state index >= 15 is 0 Å². The van der Waals surface area contributed by atoms with E-state index in [1.54, 1.807) is 30.3 Å².